The number of nitrogens with zero attached hydrogens (tertiary/aromatic N) is 5. The molecular formula is C20H26N6O2S. The molecule has 1 unspecified atom stereocenters. The molecule has 2 fully saturated rings. The Hall–Kier alpha value is -2.31. The summed E-state index contributed by atoms with van der Waals surface area (Å²) < 4.78 is 9.75. The fourth-order valence-electron chi connectivity index (χ4n) is 3.80. The van der Waals surface area contributed by atoms with Crippen LogP contribution in [0, 0.1) is 25.2 Å². The van der Waals surface area contributed by atoms with Crippen LogP contribution in [0.4, 0.5) is 5.82 Å². The third kappa shape index (κ3) is 4.05. The van der Waals surface area contributed by atoms with E-state index in [0.717, 1.165) is 54.5 Å². The van der Waals surface area contributed by atoms with Crippen molar-refractivity contribution in [1.29, 1.82) is 5.26 Å². The molecule has 1 N–H and O–H groups in total. The number of carbonyl (C=O) groups is 1. The normalized spacial score (nSPS) is 18.8. The van der Waals surface area contributed by atoms with Gasteiger partial charge >= 0.3 is 0 Å². The molecule has 0 aromatic carbocycles. The van der Waals surface area contributed by atoms with Crippen molar-refractivity contribution in [2.75, 3.05) is 17.7 Å². The van der Waals surface area contributed by atoms with Gasteiger partial charge in [-0.25, -0.2) is 0 Å². The summed E-state index contributed by atoms with van der Waals surface area (Å²) in [6.45, 7) is 5.32. The smallest absolute Gasteiger partial charge is 0.235 e. The van der Waals surface area contributed by atoms with Crippen molar-refractivity contribution in [2.45, 2.75) is 63.3 Å². The monoisotopic (exact) mass is 414 g/mol. The number of carbonyl (C=O) groups excluding carboxylic acids is 1. The first-order valence-electron chi connectivity index (χ1n) is 10.0. The van der Waals surface area contributed by atoms with E-state index < -0.39 is 0 Å². The van der Waals surface area contributed by atoms with Gasteiger partial charge in [0.15, 0.2) is 5.16 Å². The van der Waals surface area contributed by atoms with E-state index in [1.807, 2.05) is 30.0 Å². The number of ether oxygens (including phenoxy) is 1. The van der Waals surface area contributed by atoms with Gasteiger partial charge in [0.05, 0.1) is 24.0 Å². The summed E-state index contributed by atoms with van der Waals surface area (Å²) in [4.78, 5) is 12.7. The third-order valence-electron chi connectivity index (χ3n) is 5.75. The van der Waals surface area contributed by atoms with E-state index in [1.165, 1.54) is 11.8 Å². The quantitative estimate of drug-likeness (QED) is 0.700. The predicted octanol–water partition coefficient (Wildman–Crippen LogP) is 2.89. The lowest BCUT2D eigenvalue weighted by Crippen LogP contribution is -2.22. The molecule has 1 saturated carbocycles. The number of anilines is 1. The summed E-state index contributed by atoms with van der Waals surface area (Å²) in [6.07, 6.45) is 4.49. The fraction of sp³-hybridized carbons (Fsp3) is 0.600. The summed E-state index contributed by atoms with van der Waals surface area (Å²) in [7, 11) is 1.95. The van der Waals surface area contributed by atoms with E-state index in [4.69, 9.17) is 4.74 Å². The zero-order valence-corrected chi connectivity index (χ0v) is 17.9. The minimum atomic E-state index is -0.159. The van der Waals surface area contributed by atoms with Gasteiger partial charge in [-0.15, -0.1) is 10.2 Å². The van der Waals surface area contributed by atoms with E-state index >= 15 is 0 Å². The van der Waals surface area contributed by atoms with Crippen molar-refractivity contribution in [3.05, 3.63) is 22.6 Å². The van der Waals surface area contributed by atoms with Crippen LogP contribution in [-0.4, -0.2) is 43.7 Å². The minimum absolute atomic E-state index is 0.122. The molecule has 1 aliphatic carbocycles. The zero-order valence-electron chi connectivity index (χ0n) is 17.1. The molecule has 1 saturated heterocycles. The van der Waals surface area contributed by atoms with Crippen LogP contribution in [0.5, 0.6) is 0 Å². The van der Waals surface area contributed by atoms with Crippen LogP contribution < -0.4 is 5.32 Å². The van der Waals surface area contributed by atoms with Gasteiger partial charge in [0.25, 0.3) is 0 Å². The van der Waals surface area contributed by atoms with E-state index in [1.54, 1.807) is 0 Å². The van der Waals surface area contributed by atoms with Gasteiger partial charge in [-0.05, 0) is 45.1 Å². The largest absolute Gasteiger partial charge is 0.376 e. The Bertz CT molecular complexity index is 963. The highest BCUT2D eigenvalue weighted by atomic mass is 32.2. The van der Waals surface area contributed by atoms with Crippen molar-refractivity contribution >= 4 is 23.5 Å². The fourth-order valence-corrected chi connectivity index (χ4v) is 4.52. The molecule has 8 nitrogen and oxygen atoms in total. The number of nitrogens with one attached hydrogen (secondary N) is 1. The Morgan fingerprint density at radius 1 is 1.34 bits per heavy atom. The molecule has 2 aromatic rings. The van der Waals surface area contributed by atoms with Gasteiger partial charge in [-0.1, -0.05) is 11.8 Å². The summed E-state index contributed by atoms with van der Waals surface area (Å²) in [5.74, 6) is 2.14. The van der Waals surface area contributed by atoms with Crippen LogP contribution in [0.3, 0.4) is 0 Å². The molecule has 0 bridgehead atoms. The standard InChI is InChI=1S/C20H26N6O2S/c1-12-13(2)26(10-15-5-4-8-28-15)19(16(12)9-21)22-17(27)11-29-20-24-23-18(25(20)3)14-6-7-14/h14-15H,4-8,10-11H2,1-3H3,(H,22,27). The van der Waals surface area contributed by atoms with Gasteiger partial charge < -0.3 is 19.2 Å². The Labute approximate surface area is 174 Å². The lowest BCUT2D eigenvalue weighted by Gasteiger charge is -2.16. The van der Waals surface area contributed by atoms with Gasteiger partial charge in [0, 0.05) is 25.3 Å². The lowest BCUT2D eigenvalue weighted by molar-refractivity contribution is -0.113. The molecule has 4 rings (SSSR count). The topological polar surface area (TPSA) is 97.8 Å². The Balaban J connectivity index is 1.46. The molecule has 3 heterocycles. The Kier molecular flexibility index (Phi) is 5.65. The highest BCUT2D eigenvalue weighted by Crippen LogP contribution is 2.39. The molecule has 0 radical (unpaired) electrons. The zero-order chi connectivity index (χ0) is 20.5. The molecule has 1 atom stereocenters. The molecule has 29 heavy (non-hydrogen) atoms. The average molecular weight is 415 g/mol. The van der Waals surface area contributed by atoms with Crippen LogP contribution in [0.2, 0.25) is 0 Å². The van der Waals surface area contributed by atoms with E-state index in [2.05, 4.69) is 21.6 Å². The van der Waals surface area contributed by atoms with E-state index in [0.29, 0.717) is 23.8 Å². The van der Waals surface area contributed by atoms with Crippen molar-refractivity contribution in [2.24, 2.45) is 7.05 Å². The first-order valence-corrected chi connectivity index (χ1v) is 11.0. The number of hydrogen-bond donors (Lipinski definition) is 1. The van der Waals surface area contributed by atoms with Gasteiger partial charge in [0.1, 0.15) is 17.7 Å². The van der Waals surface area contributed by atoms with Crippen LogP contribution in [0.15, 0.2) is 5.16 Å². The SMILES string of the molecule is Cc1c(C#N)c(NC(=O)CSc2nnc(C3CC3)n2C)n(CC2CCCO2)c1C. The number of aromatic nitrogens is 4. The number of nitriles is 1. The third-order valence-corrected chi connectivity index (χ3v) is 6.77. The first kappa shape index (κ1) is 20.0. The van der Waals surface area contributed by atoms with Crippen molar-refractivity contribution < 1.29 is 9.53 Å². The maximum atomic E-state index is 12.7. The molecule has 1 amide bonds. The highest BCUT2D eigenvalue weighted by Gasteiger charge is 2.29. The molecule has 1 aliphatic heterocycles. The number of rotatable bonds is 7. The summed E-state index contributed by atoms with van der Waals surface area (Å²) >= 11 is 1.36. The van der Waals surface area contributed by atoms with Gasteiger partial charge in [-0.2, -0.15) is 5.26 Å². The summed E-state index contributed by atoms with van der Waals surface area (Å²) in [5.41, 5.74) is 2.41. The molecule has 0 spiro atoms. The number of thioether (sulfide) groups is 1. The highest BCUT2D eigenvalue weighted by molar-refractivity contribution is 7.99. The second kappa shape index (κ2) is 8.20. The molecule has 2 aromatic heterocycles. The Morgan fingerprint density at radius 2 is 2.14 bits per heavy atom. The summed E-state index contributed by atoms with van der Waals surface area (Å²) in [5, 5.41) is 21.8. The van der Waals surface area contributed by atoms with E-state index in [-0.39, 0.29) is 17.8 Å². The summed E-state index contributed by atoms with van der Waals surface area (Å²) in [6, 6.07) is 2.25. The van der Waals surface area contributed by atoms with Crippen molar-refractivity contribution in [3.63, 3.8) is 0 Å². The van der Waals surface area contributed by atoms with E-state index in [9.17, 15) is 10.1 Å². The van der Waals surface area contributed by atoms with Crippen molar-refractivity contribution in [1.82, 2.24) is 19.3 Å². The predicted molar refractivity (Wildman–Crippen MR) is 110 cm³/mol. The molecular weight excluding hydrogens is 388 g/mol. The van der Waals surface area contributed by atoms with Crippen LogP contribution >= 0.6 is 11.8 Å². The van der Waals surface area contributed by atoms with Gasteiger partial charge in [-0.3, -0.25) is 4.79 Å². The van der Waals surface area contributed by atoms with Crippen LogP contribution in [0.25, 0.3) is 0 Å². The van der Waals surface area contributed by atoms with Crippen molar-refractivity contribution in [3.8, 4) is 6.07 Å². The lowest BCUT2D eigenvalue weighted by atomic mass is 10.2. The second-order valence-corrected chi connectivity index (χ2v) is 8.74. The van der Waals surface area contributed by atoms with Crippen LogP contribution in [0.1, 0.15) is 54.2 Å². The second-order valence-electron chi connectivity index (χ2n) is 7.80. The minimum Gasteiger partial charge on any atom is -0.376 e. The van der Waals surface area contributed by atoms with Crippen LogP contribution in [-0.2, 0) is 23.1 Å². The molecule has 2 aliphatic rings. The van der Waals surface area contributed by atoms with Gasteiger partial charge in [0.2, 0.25) is 5.91 Å². The first-order chi connectivity index (χ1) is 14.0. The molecule has 9 heteroatoms. The molecule has 154 valence electrons. The number of amides is 1. The average Bonchev–Trinajstić information content (AvgIpc) is 3.21. The maximum Gasteiger partial charge on any atom is 0.235 e. The Morgan fingerprint density at radius 3 is 2.79 bits per heavy atom. The maximum absolute atomic E-state index is 12.7. The number of hydrogen-bond acceptors (Lipinski definition) is 6.